The third-order valence-electron chi connectivity index (χ3n) is 6.38. The van der Waals surface area contributed by atoms with E-state index in [1.165, 1.54) is 43.8 Å². The largest absolute Gasteiger partial charge is 0.237 e. The van der Waals surface area contributed by atoms with Gasteiger partial charge in [-0.25, -0.2) is 9.97 Å². The molecule has 0 N–H and O–H groups in total. The van der Waals surface area contributed by atoms with E-state index in [0.717, 1.165) is 11.4 Å². The molecule has 138 valence electrons. The smallest absolute Gasteiger partial charge is 0.160 e. The van der Waals surface area contributed by atoms with Gasteiger partial charge in [-0.2, -0.15) is 0 Å². The molecule has 0 amide bonds. The minimum Gasteiger partial charge on any atom is -0.237 e. The Hall–Kier alpha value is -3.52. The van der Waals surface area contributed by atoms with Crippen LogP contribution >= 0.6 is 0 Å². The molecule has 6 rings (SSSR count). The Bertz CT molecular complexity index is 1420. The minimum atomic E-state index is -0.0691. The van der Waals surface area contributed by atoms with E-state index in [-0.39, 0.29) is 5.41 Å². The summed E-state index contributed by atoms with van der Waals surface area (Å²) in [6.07, 6.45) is 3.65. The Balaban J connectivity index is 1.93. The van der Waals surface area contributed by atoms with Crippen molar-refractivity contribution in [2.75, 3.05) is 0 Å². The van der Waals surface area contributed by atoms with Gasteiger partial charge in [0.05, 0.1) is 0 Å². The summed E-state index contributed by atoms with van der Waals surface area (Å²) < 4.78 is 0. The molecule has 1 aliphatic carbocycles. The molecule has 5 aromatic rings. The van der Waals surface area contributed by atoms with Crippen LogP contribution in [-0.2, 0) is 5.41 Å². The molecule has 2 nitrogen and oxygen atoms in total. The van der Waals surface area contributed by atoms with Gasteiger partial charge in [0.15, 0.2) is 5.82 Å². The molecular weight excluding hydrogens is 352 g/mol. The predicted octanol–water partition coefficient (Wildman–Crippen LogP) is 6.76. The van der Waals surface area contributed by atoms with E-state index in [1.807, 2.05) is 18.5 Å². The molecule has 29 heavy (non-hydrogen) atoms. The van der Waals surface area contributed by atoms with E-state index in [9.17, 15) is 0 Å². The maximum absolute atomic E-state index is 4.62. The zero-order chi connectivity index (χ0) is 19.6. The monoisotopic (exact) mass is 372 g/mol. The summed E-state index contributed by atoms with van der Waals surface area (Å²) in [4.78, 5) is 9.24. The third-order valence-corrected chi connectivity index (χ3v) is 6.38. The van der Waals surface area contributed by atoms with Crippen LogP contribution in [0.3, 0.4) is 0 Å². The van der Waals surface area contributed by atoms with Crippen LogP contribution in [0.5, 0.6) is 0 Å². The average Bonchev–Trinajstić information content (AvgIpc) is 2.77. The number of nitrogens with zero attached hydrogens (tertiary/aromatic N) is 2. The lowest BCUT2D eigenvalue weighted by Gasteiger charge is -2.36. The van der Waals surface area contributed by atoms with E-state index in [0.29, 0.717) is 0 Å². The first-order chi connectivity index (χ1) is 14.2. The van der Waals surface area contributed by atoms with Crippen molar-refractivity contribution in [1.82, 2.24) is 9.97 Å². The Labute approximate surface area is 169 Å². The van der Waals surface area contributed by atoms with Crippen molar-refractivity contribution in [3.8, 4) is 22.5 Å². The van der Waals surface area contributed by atoms with Crippen molar-refractivity contribution in [2.45, 2.75) is 19.3 Å². The highest BCUT2D eigenvalue weighted by atomic mass is 14.9. The van der Waals surface area contributed by atoms with Crippen LogP contribution in [-0.4, -0.2) is 9.97 Å². The van der Waals surface area contributed by atoms with Crippen LogP contribution in [0, 0.1) is 0 Å². The van der Waals surface area contributed by atoms with Crippen molar-refractivity contribution >= 4 is 21.5 Å². The summed E-state index contributed by atoms with van der Waals surface area (Å²) >= 11 is 0. The number of hydrogen-bond donors (Lipinski definition) is 0. The number of hydrogen-bond acceptors (Lipinski definition) is 2. The molecule has 0 atom stereocenters. The summed E-state index contributed by atoms with van der Waals surface area (Å²) in [6.45, 7) is 4.66. The van der Waals surface area contributed by atoms with Crippen LogP contribution < -0.4 is 0 Å². The van der Waals surface area contributed by atoms with Crippen LogP contribution in [0.1, 0.15) is 25.0 Å². The lowest BCUT2D eigenvalue weighted by Crippen LogP contribution is -2.23. The minimum absolute atomic E-state index is 0.0691. The second kappa shape index (κ2) is 5.74. The van der Waals surface area contributed by atoms with Crippen LogP contribution in [0.2, 0.25) is 0 Å². The summed E-state index contributed by atoms with van der Waals surface area (Å²) in [7, 11) is 0. The van der Waals surface area contributed by atoms with Gasteiger partial charge in [0.2, 0.25) is 0 Å². The van der Waals surface area contributed by atoms with Crippen LogP contribution in [0.15, 0.2) is 85.2 Å². The molecule has 0 spiro atoms. The molecule has 0 saturated carbocycles. The van der Waals surface area contributed by atoms with Gasteiger partial charge in [0.25, 0.3) is 0 Å². The third kappa shape index (κ3) is 2.11. The van der Waals surface area contributed by atoms with Crippen molar-refractivity contribution < 1.29 is 0 Å². The van der Waals surface area contributed by atoms with Gasteiger partial charge < -0.3 is 0 Å². The van der Waals surface area contributed by atoms with Gasteiger partial charge in [-0.1, -0.05) is 80.6 Å². The van der Waals surface area contributed by atoms with E-state index in [2.05, 4.69) is 90.5 Å². The van der Waals surface area contributed by atoms with E-state index in [1.54, 1.807) is 0 Å². The summed E-state index contributed by atoms with van der Waals surface area (Å²) in [6, 6.07) is 26.1. The molecule has 4 aromatic carbocycles. The molecule has 1 aromatic heterocycles. The summed E-state index contributed by atoms with van der Waals surface area (Å²) in [5.74, 6) is 0.782. The van der Waals surface area contributed by atoms with Gasteiger partial charge in [0, 0.05) is 23.4 Å². The van der Waals surface area contributed by atoms with Crippen molar-refractivity contribution in [3.63, 3.8) is 0 Å². The second-order valence-electron chi connectivity index (χ2n) is 8.27. The highest BCUT2D eigenvalue weighted by molar-refractivity contribution is 6.23. The van der Waals surface area contributed by atoms with E-state index >= 15 is 0 Å². The quantitative estimate of drug-likeness (QED) is 0.304. The number of rotatable bonds is 1. The van der Waals surface area contributed by atoms with Gasteiger partial charge in [-0.05, 0) is 49.9 Å². The van der Waals surface area contributed by atoms with Crippen LogP contribution in [0.4, 0.5) is 0 Å². The lowest BCUT2D eigenvalue weighted by atomic mass is 9.67. The number of aromatic nitrogens is 2. The highest BCUT2D eigenvalue weighted by Gasteiger charge is 2.35. The molecule has 2 heteroatoms. The Morgan fingerprint density at radius 3 is 2.00 bits per heavy atom. The maximum atomic E-state index is 4.62. The average molecular weight is 372 g/mol. The predicted molar refractivity (Wildman–Crippen MR) is 120 cm³/mol. The molecule has 0 unspecified atom stereocenters. The molecular formula is C27H20N2. The number of benzene rings is 4. The second-order valence-corrected chi connectivity index (χ2v) is 8.27. The Morgan fingerprint density at radius 2 is 1.21 bits per heavy atom. The van der Waals surface area contributed by atoms with Crippen molar-refractivity contribution in [2.24, 2.45) is 0 Å². The standard InChI is InChI=1S/C27H20N2/c1-27(2)21-13-6-5-11-19(21)23-17-9-3-4-10-18(17)24(26-28-15-8-16-29-26)20-12-7-14-22(27)25(20)23/h3-16H,1-2H3. The fourth-order valence-electron chi connectivity index (χ4n) is 5.09. The zero-order valence-electron chi connectivity index (χ0n) is 16.5. The zero-order valence-corrected chi connectivity index (χ0v) is 16.5. The van der Waals surface area contributed by atoms with E-state index in [4.69, 9.17) is 0 Å². The molecule has 0 fully saturated rings. The Morgan fingerprint density at radius 1 is 0.586 bits per heavy atom. The topological polar surface area (TPSA) is 25.8 Å². The molecule has 0 aliphatic heterocycles. The number of fused-ring (bicyclic) bond motifs is 4. The fourth-order valence-corrected chi connectivity index (χ4v) is 5.09. The lowest BCUT2D eigenvalue weighted by molar-refractivity contribution is 0.645. The van der Waals surface area contributed by atoms with Gasteiger partial charge in [0.1, 0.15) is 0 Å². The van der Waals surface area contributed by atoms with E-state index < -0.39 is 0 Å². The van der Waals surface area contributed by atoms with Gasteiger partial charge in [-0.3, -0.25) is 0 Å². The summed E-state index contributed by atoms with van der Waals surface area (Å²) in [5.41, 5.74) is 6.47. The normalized spacial score (nSPS) is 14.1. The summed E-state index contributed by atoms with van der Waals surface area (Å²) in [5, 5.41) is 5.02. The van der Waals surface area contributed by atoms with Gasteiger partial charge >= 0.3 is 0 Å². The molecule has 0 saturated heterocycles. The van der Waals surface area contributed by atoms with Gasteiger partial charge in [-0.15, -0.1) is 0 Å². The van der Waals surface area contributed by atoms with Crippen molar-refractivity contribution in [1.29, 1.82) is 0 Å². The first-order valence-corrected chi connectivity index (χ1v) is 10.0. The molecule has 0 radical (unpaired) electrons. The fraction of sp³-hybridized carbons (Fsp3) is 0.111. The highest BCUT2D eigenvalue weighted by Crippen LogP contribution is 2.53. The first-order valence-electron chi connectivity index (χ1n) is 10.0. The molecule has 1 heterocycles. The van der Waals surface area contributed by atoms with Crippen molar-refractivity contribution in [3.05, 3.63) is 96.3 Å². The van der Waals surface area contributed by atoms with Crippen LogP contribution in [0.25, 0.3) is 44.1 Å². The first kappa shape index (κ1) is 16.4. The molecule has 1 aliphatic rings. The SMILES string of the molecule is CC1(C)c2ccccc2-c2c3ccccc3c(-c3ncccn3)c3cccc1c23. The maximum Gasteiger partial charge on any atom is 0.160 e. The Kier molecular flexibility index (Phi) is 3.25. The molecule has 0 bridgehead atoms.